The van der Waals surface area contributed by atoms with Gasteiger partial charge in [-0.25, -0.2) is 4.39 Å². The zero-order chi connectivity index (χ0) is 15.5. The van der Waals surface area contributed by atoms with Crippen LogP contribution in [0.3, 0.4) is 0 Å². The van der Waals surface area contributed by atoms with Crippen LogP contribution in [0.1, 0.15) is 5.56 Å². The molecule has 114 valence electrons. The molecule has 1 aliphatic heterocycles. The number of benzene rings is 2. The maximum Gasteiger partial charge on any atom is 0.231 e. The van der Waals surface area contributed by atoms with Crippen molar-refractivity contribution in [2.24, 2.45) is 0 Å². The van der Waals surface area contributed by atoms with Crippen LogP contribution in [0.25, 0.3) is 0 Å². The number of carbonyl (C=O) groups is 1. The highest BCUT2D eigenvalue weighted by Gasteiger charge is 2.15. The normalized spacial score (nSPS) is 12.1. The molecule has 1 N–H and O–H groups in total. The highest BCUT2D eigenvalue weighted by atomic mass is 19.1. The number of amides is 1. The van der Waals surface area contributed by atoms with Crippen LogP contribution < -0.4 is 19.5 Å². The molecule has 0 aromatic heterocycles. The number of carbonyl (C=O) groups excluding carboxylic acids is 1. The number of anilines is 1. The number of hydrogen-bond acceptors (Lipinski definition) is 4. The van der Waals surface area contributed by atoms with Crippen LogP contribution in [-0.4, -0.2) is 19.8 Å². The van der Waals surface area contributed by atoms with Crippen molar-refractivity contribution in [3.63, 3.8) is 0 Å². The van der Waals surface area contributed by atoms with Crippen molar-refractivity contribution in [3.05, 3.63) is 47.8 Å². The molecule has 1 amide bonds. The molecule has 2 aromatic carbocycles. The van der Waals surface area contributed by atoms with E-state index in [9.17, 15) is 9.18 Å². The molecule has 0 spiro atoms. The summed E-state index contributed by atoms with van der Waals surface area (Å²) >= 11 is 0. The Balaban J connectivity index is 1.71. The molecule has 0 unspecified atom stereocenters. The molecule has 5 nitrogen and oxygen atoms in total. The number of methoxy groups -OCH3 is 1. The van der Waals surface area contributed by atoms with Gasteiger partial charge in [0.05, 0.1) is 13.5 Å². The first kappa shape index (κ1) is 14.2. The van der Waals surface area contributed by atoms with E-state index in [2.05, 4.69) is 5.32 Å². The fraction of sp³-hybridized carbons (Fsp3) is 0.188. The highest BCUT2D eigenvalue weighted by Crippen LogP contribution is 2.34. The number of fused-ring (bicyclic) bond motifs is 1. The number of halogens is 1. The maximum absolute atomic E-state index is 13.3. The molecule has 0 saturated heterocycles. The average molecular weight is 303 g/mol. The molecule has 6 heteroatoms. The molecule has 2 aromatic rings. The van der Waals surface area contributed by atoms with Gasteiger partial charge < -0.3 is 19.5 Å². The lowest BCUT2D eigenvalue weighted by Crippen LogP contribution is -2.15. The van der Waals surface area contributed by atoms with Gasteiger partial charge in [-0.3, -0.25) is 4.79 Å². The van der Waals surface area contributed by atoms with Crippen LogP contribution in [0.5, 0.6) is 17.2 Å². The standard InChI is InChI=1S/C16H14FNO4/c1-20-13-4-2-11(17)6-10(13)7-16(19)18-12-3-5-14-15(8-12)22-9-21-14/h2-6,8H,7,9H2,1H3,(H,18,19). The van der Waals surface area contributed by atoms with Crippen LogP contribution in [-0.2, 0) is 11.2 Å². The fourth-order valence-electron chi connectivity index (χ4n) is 2.24. The van der Waals surface area contributed by atoms with E-state index in [-0.39, 0.29) is 19.1 Å². The molecule has 3 rings (SSSR count). The Kier molecular flexibility index (Phi) is 3.82. The van der Waals surface area contributed by atoms with Crippen molar-refractivity contribution in [1.29, 1.82) is 0 Å². The SMILES string of the molecule is COc1ccc(F)cc1CC(=O)Nc1ccc2c(c1)OCO2. The zero-order valence-electron chi connectivity index (χ0n) is 11.9. The lowest BCUT2D eigenvalue weighted by atomic mass is 10.1. The smallest absolute Gasteiger partial charge is 0.231 e. The van der Waals surface area contributed by atoms with Crippen molar-refractivity contribution in [2.45, 2.75) is 6.42 Å². The fourth-order valence-corrected chi connectivity index (χ4v) is 2.24. The average Bonchev–Trinajstić information content (AvgIpc) is 2.95. The molecule has 0 aliphatic carbocycles. The second-order valence-corrected chi connectivity index (χ2v) is 4.75. The Morgan fingerprint density at radius 3 is 2.86 bits per heavy atom. The Bertz CT molecular complexity index is 717. The molecular weight excluding hydrogens is 289 g/mol. The molecular formula is C16H14FNO4. The van der Waals surface area contributed by atoms with Crippen LogP contribution in [0.2, 0.25) is 0 Å². The molecule has 0 atom stereocenters. The molecule has 0 radical (unpaired) electrons. The first-order valence-electron chi connectivity index (χ1n) is 6.67. The van der Waals surface area contributed by atoms with Gasteiger partial charge >= 0.3 is 0 Å². The summed E-state index contributed by atoms with van der Waals surface area (Å²) in [4.78, 5) is 12.1. The summed E-state index contributed by atoms with van der Waals surface area (Å²) in [5.74, 6) is 1.02. The Labute approximate surface area is 126 Å². The summed E-state index contributed by atoms with van der Waals surface area (Å²) in [6, 6.07) is 9.20. The van der Waals surface area contributed by atoms with E-state index in [1.165, 1.54) is 25.3 Å². The number of hydrogen-bond donors (Lipinski definition) is 1. The van der Waals surface area contributed by atoms with Crippen LogP contribution in [0.4, 0.5) is 10.1 Å². The van der Waals surface area contributed by atoms with Gasteiger partial charge in [-0.15, -0.1) is 0 Å². The molecule has 0 bridgehead atoms. The third-order valence-electron chi connectivity index (χ3n) is 3.25. The predicted molar refractivity (Wildman–Crippen MR) is 77.9 cm³/mol. The van der Waals surface area contributed by atoms with Gasteiger partial charge in [0.25, 0.3) is 0 Å². The topological polar surface area (TPSA) is 56.8 Å². The van der Waals surface area contributed by atoms with Crippen molar-refractivity contribution in [2.75, 3.05) is 19.2 Å². The van der Waals surface area contributed by atoms with Crippen molar-refractivity contribution in [3.8, 4) is 17.2 Å². The Hall–Kier alpha value is -2.76. The van der Waals surface area contributed by atoms with Crippen LogP contribution in [0, 0.1) is 5.82 Å². The summed E-state index contributed by atoms with van der Waals surface area (Å²) in [6.07, 6.45) is 0.00930. The number of ether oxygens (including phenoxy) is 3. The highest BCUT2D eigenvalue weighted by molar-refractivity contribution is 5.93. The first-order valence-corrected chi connectivity index (χ1v) is 6.67. The Morgan fingerprint density at radius 2 is 2.05 bits per heavy atom. The number of nitrogens with one attached hydrogen (secondary N) is 1. The molecule has 0 saturated carbocycles. The minimum Gasteiger partial charge on any atom is -0.496 e. The van der Waals surface area contributed by atoms with Gasteiger partial charge in [-0.05, 0) is 30.3 Å². The first-order chi connectivity index (χ1) is 10.7. The van der Waals surface area contributed by atoms with Gasteiger partial charge in [0.2, 0.25) is 12.7 Å². The van der Waals surface area contributed by atoms with E-state index in [1.807, 2.05) is 0 Å². The summed E-state index contributed by atoms with van der Waals surface area (Å²) < 4.78 is 28.9. The number of rotatable bonds is 4. The largest absolute Gasteiger partial charge is 0.496 e. The van der Waals surface area contributed by atoms with E-state index in [0.717, 1.165) is 0 Å². The van der Waals surface area contributed by atoms with Gasteiger partial charge in [0.15, 0.2) is 11.5 Å². The summed E-state index contributed by atoms with van der Waals surface area (Å²) in [5, 5.41) is 2.74. The van der Waals surface area contributed by atoms with Crippen molar-refractivity contribution >= 4 is 11.6 Å². The quantitative estimate of drug-likeness (QED) is 0.943. The molecule has 1 aliphatic rings. The van der Waals surface area contributed by atoms with Gasteiger partial charge in [0, 0.05) is 17.3 Å². The second kappa shape index (κ2) is 5.93. The molecule has 0 fully saturated rings. The monoisotopic (exact) mass is 303 g/mol. The lowest BCUT2D eigenvalue weighted by molar-refractivity contribution is -0.115. The second-order valence-electron chi connectivity index (χ2n) is 4.75. The minimum absolute atomic E-state index is 0.00930. The van der Waals surface area contributed by atoms with E-state index < -0.39 is 5.82 Å². The van der Waals surface area contributed by atoms with Crippen molar-refractivity contribution in [1.82, 2.24) is 0 Å². The van der Waals surface area contributed by atoms with E-state index in [4.69, 9.17) is 14.2 Å². The molecule has 1 heterocycles. The van der Waals surface area contributed by atoms with Crippen molar-refractivity contribution < 1.29 is 23.4 Å². The summed E-state index contributed by atoms with van der Waals surface area (Å²) in [7, 11) is 1.48. The third kappa shape index (κ3) is 2.95. The predicted octanol–water partition coefficient (Wildman–Crippen LogP) is 2.74. The van der Waals surface area contributed by atoms with Crippen LogP contribution in [0.15, 0.2) is 36.4 Å². The third-order valence-corrected chi connectivity index (χ3v) is 3.25. The summed E-state index contributed by atoms with van der Waals surface area (Å²) in [6.45, 7) is 0.174. The van der Waals surface area contributed by atoms with E-state index in [1.54, 1.807) is 18.2 Å². The van der Waals surface area contributed by atoms with Gasteiger partial charge in [0.1, 0.15) is 11.6 Å². The maximum atomic E-state index is 13.3. The zero-order valence-corrected chi connectivity index (χ0v) is 11.9. The van der Waals surface area contributed by atoms with E-state index in [0.29, 0.717) is 28.5 Å². The van der Waals surface area contributed by atoms with E-state index >= 15 is 0 Å². The van der Waals surface area contributed by atoms with Crippen LogP contribution >= 0.6 is 0 Å². The summed E-state index contributed by atoms with van der Waals surface area (Å²) in [5.41, 5.74) is 1.07. The Morgan fingerprint density at radius 1 is 1.23 bits per heavy atom. The molecule has 22 heavy (non-hydrogen) atoms. The van der Waals surface area contributed by atoms with Gasteiger partial charge in [-0.2, -0.15) is 0 Å². The minimum atomic E-state index is -0.410. The van der Waals surface area contributed by atoms with Gasteiger partial charge in [-0.1, -0.05) is 0 Å². The lowest BCUT2D eigenvalue weighted by Gasteiger charge is -2.09.